The fraction of sp³-hybridized carbons (Fsp3) is 0.500. The van der Waals surface area contributed by atoms with Gasteiger partial charge in [0.05, 0.1) is 37.1 Å². The van der Waals surface area contributed by atoms with Crippen LogP contribution in [0.3, 0.4) is 0 Å². The lowest BCUT2D eigenvalue weighted by Crippen LogP contribution is -2.36. The molecule has 0 spiro atoms. The van der Waals surface area contributed by atoms with Gasteiger partial charge < -0.3 is 24.4 Å². The third-order valence-electron chi connectivity index (χ3n) is 6.67. The fourth-order valence-corrected chi connectivity index (χ4v) is 4.91. The minimum Gasteiger partial charge on any atom is -0.488 e. The molecule has 1 aliphatic carbocycles. The Bertz CT molecular complexity index is 1130. The van der Waals surface area contributed by atoms with E-state index in [1.165, 1.54) is 0 Å². The number of rotatable bonds is 5. The van der Waals surface area contributed by atoms with Crippen LogP contribution in [-0.4, -0.2) is 65.0 Å². The zero-order valence-electron chi connectivity index (χ0n) is 18.6. The second-order valence-electron chi connectivity index (χ2n) is 8.80. The summed E-state index contributed by atoms with van der Waals surface area (Å²) in [6.07, 6.45) is 10.1. The predicted octanol–water partition coefficient (Wildman–Crippen LogP) is 2.99. The number of benzene rings is 1. The zero-order chi connectivity index (χ0) is 22.0. The van der Waals surface area contributed by atoms with E-state index in [-0.39, 0.29) is 6.10 Å². The van der Waals surface area contributed by atoms with Gasteiger partial charge in [-0.15, -0.1) is 0 Å². The molecule has 2 aromatic heterocycles. The number of hydrogen-bond acceptors (Lipinski definition) is 9. The van der Waals surface area contributed by atoms with Crippen LogP contribution in [0.4, 0.5) is 11.5 Å². The van der Waals surface area contributed by atoms with Crippen molar-refractivity contribution in [1.29, 1.82) is 0 Å². The van der Waals surface area contributed by atoms with Gasteiger partial charge in [-0.25, -0.2) is 15.0 Å². The summed E-state index contributed by atoms with van der Waals surface area (Å²) >= 11 is 0. The number of hydrogen-bond donors (Lipinski definition) is 1. The van der Waals surface area contributed by atoms with E-state index in [4.69, 9.17) is 14.2 Å². The minimum atomic E-state index is 0.153. The quantitative estimate of drug-likeness (QED) is 0.632. The molecule has 1 N–H and O–H groups in total. The normalized spacial score (nSPS) is 22.6. The Labute approximate surface area is 192 Å². The third-order valence-corrected chi connectivity index (χ3v) is 6.67. The number of nitrogens with one attached hydrogen (secondary N) is 1. The summed E-state index contributed by atoms with van der Waals surface area (Å²) in [6.45, 7) is 3.92. The summed E-state index contributed by atoms with van der Waals surface area (Å²) in [7, 11) is 0. The lowest BCUT2D eigenvalue weighted by molar-refractivity contribution is 0.122. The SMILES string of the molecule is c1nc2c(c(N[C@H]3CC[C@@H](Oc4cc(N5CCOCC5)cc5nccnc45)CC3)n1)OCC2. The Morgan fingerprint density at radius 3 is 2.67 bits per heavy atom. The first kappa shape index (κ1) is 20.4. The van der Waals surface area contributed by atoms with Gasteiger partial charge in [0.15, 0.2) is 11.6 Å². The highest BCUT2D eigenvalue weighted by molar-refractivity contribution is 5.85. The molecule has 2 fully saturated rings. The van der Waals surface area contributed by atoms with Crippen LogP contribution in [0.2, 0.25) is 0 Å². The van der Waals surface area contributed by atoms with Crippen LogP contribution in [-0.2, 0) is 11.2 Å². The van der Waals surface area contributed by atoms with Crippen LogP contribution in [0.5, 0.6) is 11.5 Å². The number of fused-ring (bicyclic) bond motifs is 2. The molecule has 0 unspecified atom stereocenters. The largest absolute Gasteiger partial charge is 0.488 e. The first-order valence-corrected chi connectivity index (χ1v) is 11.8. The van der Waals surface area contributed by atoms with Crippen molar-refractivity contribution in [3.63, 3.8) is 0 Å². The lowest BCUT2D eigenvalue weighted by Gasteiger charge is -2.31. The van der Waals surface area contributed by atoms with Crippen molar-refractivity contribution in [2.24, 2.45) is 0 Å². The van der Waals surface area contributed by atoms with E-state index in [2.05, 4.69) is 42.3 Å². The molecular weight excluding hydrogens is 420 g/mol. The van der Waals surface area contributed by atoms with Crippen LogP contribution in [0.15, 0.2) is 30.9 Å². The molecule has 4 heterocycles. The predicted molar refractivity (Wildman–Crippen MR) is 124 cm³/mol. The van der Waals surface area contributed by atoms with Gasteiger partial charge in [-0.3, -0.25) is 4.98 Å². The first-order valence-electron chi connectivity index (χ1n) is 11.8. The van der Waals surface area contributed by atoms with Crippen molar-refractivity contribution in [2.45, 2.75) is 44.2 Å². The minimum absolute atomic E-state index is 0.153. The van der Waals surface area contributed by atoms with Crippen molar-refractivity contribution in [1.82, 2.24) is 19.9 Å². The molecule has 3 aliphatic rings. The molecule has 1 saturated carbocycles. The average molecular weight is 449 g/mol. The number of nitrogens with zero attached hydrogens (tertiary/aromatic N) is 5. The third kappa shape index (κ3) is 4.25. The monoisotopic (exact) mass is 448 g/mol. The van der Waals surface area contributed by atoms with Gasteiger partial charge in [0, 0.05) is 49.7 Å². The molecule has 9 heteroatoms. The lowest BCUT2D eigenvalue weighted by atomic mass is 9.93. The van der Waals surface area contributed by atoms with Crippen LogP contribution in [0.25, 0.3) is 11.0 Å². The first-order chi connectivity index (χ1) is 16.3. The van der Waals surface area contributed by atoms with E-state index in [0.717, 1.165) is 98.1 Å². The van der Waals surface area contributed by atoms with Crippen molar-refractivity contribution in [3.05, 3.63) is 36.5 Å². The standard InChI is InChI=1S/C24H28N6O3/c1-3-18(4-2-16(1)29-24-23-19(5-10-32-23)27-15-28-24)33-21-14-17(30-8-11-31-12-9-30)13-20-22(21)26-7-6-25-20/h6-7,13-16,18H,1-5,8-12H2,(H,27,28,29)/t16-,18+. The Morgan fingerprint density at radius 1 is 0.939 bits per heavy atom. The van der Waals surface area contributed by atoms with Gasteiger partial charge in [0.2, 0.25) is 0 Å². The smallest absolute Gasteiger partial charge is 0.183 e. The van der Waals surface area contributed by atoms with E-state index in [1.54, 1.807) is 18.7 Å². The van der Waals surface area contributed by atoms with Crippen molar-refractivity contribution >= 4 is 22.5 Å². The topological polar surface area (TPSA) is 94.5 Å². The van der Waals surface area contributed by atoms with Gasteiger partial charge in [-0.05, 0) is 31.7 Å². The van der Waals surface area contributed by atoms with Crippen LogP contribution >= 0.6 is 0 Å². The van der Waals surface area contributed by atoms with Crippen molar-refractivity contribution in [2.75, 3.05) is 43.1 Å². The Morgan fingerprint density at radius 2 is 1.79 bits per heavy atom. The van der Waals surface area contributed by atoms with E-state index in [1.807, 2.05) is 0 Å². The molecule has 33 heavy (non-hydrogen) atoms. The number of anilines is 2. The van der Waals surface area contributed by atoms with Crippen molar-refractivity contribution < 1.29 is 14.2 Å². The molecule has 0 amide bonds. The van der Waals surface area contributed by atoms with Gasteiger partial charge in [-0.1, -0.05) is 0 Å². The molecule has 2 aliphatic heterocycles. The maximum absolute atomic E-state index is 6.53. The van der Waals surface area contributed by atoms with E-state index >= 15 is 0 Å². The van der Waals surface area contributed by atoms with E-state index in [0.29, 0.717) is 12.6 Å². The number of aromatic nitrogens is 4. The van der Waals surface area contributed by atoms with Gasteiger partial charge >= 0.3 is 0 Å². The van der Waals surface area contributed by atoms with Crippen molar-refractivity contribution in [3.8, 4) is 11.5 Å². The summed E-state index contributed by atoms with van der Waals surface area (Å²) in [5, 5.41) is 3.57. The molecule has 1 saturated heterocycles. The Hall–Kier alpha value is -3.20. The zero-order valence-corrected chi connectivity index (χ0v) is 18.6. The molecule has 1 aromatic carbocycles. The summed E-state index contributed by atoms with van der Waals surface area (Å²) in [5.41, 5.74) is 3.81. The maximum Gasteiger partial charge on any atom is 0.183 e. The second-order valence-corrected chi connectivity index (χ2v) is 8.80. The molecular formula is C24H28N6O3. The molecule has 0 atom stereocenters. The number of morpholine rings is 1. The summed E-state index contributed by atoms with van der Waals surface area (Å²) in [4.78, 5) is 20.2. The van der Waals surface area contributed by atoms with E-state index in [9.17, 15) is 0 Å². The highest BCUT2D eigenvalue weighted by Gasteiger charge is 2.26. The number of ether oxygens (including phenoxy) is 3. The Kier molecular flexibility index (Phi) is 5.55. The fourth-order valence-electron chi connectivity index (χ4n) is 4.91. The summed E-state index contributed by atoms with van der Waals surface area (Å²) in [5.74, 6) is 2.46. The second kappa shape index (κ2) is 8.97. The highest BCUT2D eigenvalue weighted by atomic mass is 16.5. The highest BCUT2D eigenvalue weighted by Crippen LogP contribution is 2.35. The molecule has 0 bridgehead atoms. The molecule has 0 radical (unpaired) electrons. The Balaban J connectivity index is 1.15. The van der Waals surface area contributed by atoms with Gasteiger partial charge in [0.25, 0.3) is 0 Å². The maximum atomic E-state index is 6.53. The van der Waals surface area contributed by atoms with Gasteiger partial charge in [-0.2, -0.15) is 0 Å². The van der Waals surface area contributed by atoms with E-state index < -0.39 is 0 Å². The summed E-state index contributed by atoms with van der Waals surface area (Å²) in [6, 6.07) is 4.57. The van der Waals surface area contributed by atoms with Crippen LogP contribution < -0.4 is 19.7 Å². The molecule has 172 valence electrons. The summed E-state index contributed by atoms with van der Waals surface area (Å²) < 4.78 is 17.8. The van der Waals surface area contributed by atoms with Crippen LogP contribution in [0, 0.1) is 0 Å². The van der Waals surface area contributed by atoms with Crippen LogP contribution in [0.1, 0.15) is 31.4 Å². The molecule has 6 rings (SSSR count). The molecule has 3 aromatic rings. The average Bonchev–Trinajstić information content (AvgIpc) is 3.36. The molecule has 9 nitrogen and oxygen atoms in total. The van der Waals surface area contributed by atoms with Gasteiger partial charge in [0.1, 0.15) is 17.6 Å².